The van der Waals surface area contributed by atoms with E-state index in [1.54, 1.807) is 0 Å². The third-order valence-corrected chi connectivity index (χ3v) is 17.6. The molecule has 15 heteroatoms. The van der Waals surface area contributed by atoms with E-state index >= 15 is 0 Å². The number of thioether (sulfide) groups is 2. The fourth-order valence-corrected chi connectivity index (χ4v) is 14.2. The highest BCUT2D eigenvalue weighted by Crippen LogP contribution is 2.56. The summed E-state index contributed by atoms with van der Waals surface area (Å²) >= 11 is 3.73. The standard InChI is InChI=1S/C60H64N6O7S2/c67-53(21-3-1-9-29-63-31-23-41-55-45(63)15-11-17-47(55)72-49-25-33-65-43-13-5-7-19-51(43)74-59(65)57(41)49)61-27-35-69-37-39-71-40-38-70-36-28-62-54(68)22-4-2-10-30-64-32-24-42-56-46(64)16-12-18-48(56)73-50-26-34-66-44-14-6-8-20-52(44)75-60(66)58(42)50/h5-8,11-20,23-24,31-32,49-50H,1-4,9-10,21-22,25-30,33-40H2/p+2. The van der Waals surface area contributed by atoms with Gasteiger partial charge in [0.05, 0.1) is 71.8 Å². The summed E-state index contributed by atoms with van der Waals surface area (Å²) in [6.07, 6.45) is 13.1. The first-order valence-electron chi connectivity index (χ1n) is 27.2. The summed E-state index contributed by atoms with van der Waals surface area (Å²) in [4.78, 5) is 32.6. The number of aryl methyl sites for hydroxylation is 2. The first kappa shape index (κ1) is 49.8. The van der Waals surface area contributed by atoms with Crippen molar-refractivity contribution in [3.8, 4) is 11.5 Å². The Bertz CT molecular complexity index is 2970. The second-order valence-electron chi connectivity index (χ2n) is 20.0. The molecular formula is C60H66N6O7S2+2. The van der Waals surface area contributed by atoms with Gasteiger partial charge in [-0.25, -0.2) is 0 Å². The summed E-state index contributed by atoms with van der Waals surface area (Å²) in [6, 6.07) is 34.8. The highest BCUT2D eigenvalue weighted by atomic mass is 32.2. The molecule has 4 aromatic carbocycles. The number of nitrogens with zero attached hydrogens (tertiary/aromatic N) is 4. The minimum absolute atomic E-state index is 0.0562. The van der Waals surface area contributed by atoms with Crippen LogP contribution in [-0.2, 0) is 36.9 Å². The predicted molar refractivity (Wildman–Crippen MR) is 295 cm³/mol. The van der Waals surface area contributed by atoms with Gasteiger partial charge in [-0.3, -0.25) is 9.59 Å². The van der Waals surface area contributed by atoms with Crippen molar-refractivity contribution < 1.29 is 42.4 Å². The number of amides is 2. The van der Waals surface area contributed by atoms with Crippen LogP contribution >= 0.6 is 23.5 Å². The van der Waals surface area contributed by atoms with Gasteiger partial charge in [-0.15, -0.1) is 0 Å². The quantitative estimate of drug-likeness (QED) is 0.0446. The molecule has 2 unspecified atom stereocenters. The lowest BCUT2D eigenvalue weighted by molar-refractivity contribution is -0.672. The second kappa shape index (κ2) is 23.0. The van der Waals surface area contributed by atoms with E-state index in [9.17, 15) is 9.59 Å². The summed E-state index contributed by atoms with van der Waals surface area (Å²) in [5.41, 5.74) is 10.2. The van der Waals surface area contributed by atoms with Gasteiger partial charge < -0.3 is 44.1 Å². The molecule has 0 radical (unpaired) electrons. The van der Waals surface area contributed by atoms with Gasteiger partial charge in [-0.05, 0) is 62.1 Å². The predicted octanol–water partition coefficient (Wildman–Crippen LogP) is 9.56. The number of para-hydroxylation sites is 2. The van der Waals surface area contributed by atoms with Gasteiger partial charge >= 0.3 is 0 Å². The van der Waals surface area contributed by atoms with Crippen molar-refractivity contribution in [3.05, 3.63) is 131 Å². The second-order valence-corrected chi connectivity index (χ2v) is 22.0. The molecule has 2 N–H and O–H groups in total. The normalized spacial score (nSPS) is 17.5. The summed E-state index contributed by atoms with van der Waals surface area (Å²) in [5, 5.41) is 11.0. The molecule has 0 saturated heterocycles. The Balaban J connectivity index is 0.476. The third kappa shape index (κ3) is 10.5. The van der Waals surface area contributed by atoms with E-state index in [1.165, 1.54) is 75.3 Å². The van der Waals surface area contributed by atoms with Crippen LogP contribution < -0.4 is 39.0 Å². The number of aromatic nitrogens is 2. The summed E-state index contributed by atoms with van der Waals surface area (Å²) in [5.74, 6) is 2.06. The van der Waals surface area contributed by atoms with E-state index in [4.69, 9.17) is 23.7 Å². The Morgan fingerprint density at radius 3 is 1.47 bits per heavy atom. The molecular weight excluding hydrogens is 981 g/mol. The zero-order valence-electron chi connectivity index (χ0n) is 42.6. The zero-order valence-corrected chi connectivity index (χ0v) is 44.2. The van der Waals surface area contributed by atoms with Gasteiger partial charge in [0, 0.05) is 121 Å². The Hall–Kier alpha value is -6.10. The minimum atomic E-state index is 0.0562. The van der Waals surface area contributed by atoms with Gasteiger partial charge in [0.1, 0.15) is 36.8 Å². The van der Waals surface area contributed by atoms with Gasteiger partial charge in [0.2, 0.25) is 22.8 Å². The summed E-state index contributed by atoms with van der Waals surface area (Å²) in [6.45, 7) is 7.32. The van der Waals surface area contributed by atoms with E-state index < -0.39 is 0 Å². The molecule has 8 heterocycles. The molecule has 2 aromatic heterocycles. The Morgan fingerprint density at radius 1 is 0.533 bits per heavy atom. The van der Waals surface area contributed by atoms with Gasteiger partial charge in [-0.1, -0.05) is 59.9 Å². The Labute approximate surface area is 447 Å². The minimum Gasteiger partial charge on any atom is -0.485 e. The number of anilines is 2. The molecule has 388 valence electrons. The number of carbonyl (C=O) groups excluding carboxylic acids is 2. The van der Waals surface area contributed by atoms with Gasteiger partial charge in [0.15, 0.2) is 12.4 Å². The van der Waals surface area contributed by atoms with Crippen molar-refractivity contribution in [2.24, 2.45) is 0 Å². The molecule has 0 spiro atoms. The molecule has 2 amide bonds. The van der Waals surface area contributed by atoms with Crippen molar-refractivity contribution >= 4 is 79.7 Å². The number of rotatable bonds is 24. The molecule has 2 atom stereocenters. The van der Waals surface area contributed by atoms with Crippen LogP contribution in [0.15, 0.2) is 129 Å². The third-order valence-electron chi connectivity index (χ3n) is 15.2. The van der Waals surface area contributed by atoms with Crippen LogP contribution in [0.1, 0.15) is 75.3 Å². The van der Waals surface area contributed by atoms with Crippen LogP contribution in [0.2, 0.25) is 0 Å². The van der Waals surface area contributed by atoms with Gasteiger partial charge in [-0.2, -0.15) is 9.13 Å². The number of ether oxygens (including phenoxy) is 5. The number of fused-ring (bicyclic) bond motifs is 10. The number of unbranched alkanes of at least 4 members (excludes halogenated alkanes) is 4. The highest BCUT2D eigenvalue weighted by Gasteiger charge is 2.42. The van der Waals surface area contributed by atoms with Crippen LogP contribution in [0.25, 0.3) is 33.0 Å². The highest BCUT2D eigenvalue weighted by molar-refractivity contribution is 8.04. The fourth-order valence-electron chi connectivity index (χ4n) is 11.6. The molecule has 0 fully saturated rings. The molecule has 12 rings (SSSR count). The number of carbonyl (C=O) groups is 2. The van der Waals surface area contributed by atoms with Crippen molar-refractivity contribution in [1.29, 1.82) is 0 Å². The van der Waals surface area contributed by atoms with E-state index in [0.29, 0.717) is 65.6 Å². The first-order valence-corrected chi connectivity index (χ1v) is 28.8. The van der Waals surface area contributed by atoms with Crippen LogP contribution in [0.4, 0.5) is 11.4 Å². The average molecular weight is 1050 g/mol. The first-order chi connectivity index (χ1) is 37.1. The van der Waals surface area contributed by atoms with Gasteiger partial charge in [0.25, 0.3) is 0 Å². The topological polar surface area (TPSA) is 119 Å². The summed E-state index contributed by atoms with van der Waals surface area (Å²) < 4.78 is 35.0. The SMILES string of the molecule is O=C(CCCCC[n+]1ccc2c3c(cccc31)OC1CCN3C(=C21)Sc1ccccc13)NCCOCCOCCOCCNC(=O)CCCCC[n+]1ccc2c3c(cccc31)OC1CCN3C(=C21)Sc1ccccc13. The molecule has 0 bridgehead atoms. The zero-order chi connectivity index (χ0) is 50.5. The van der Waals surface area contributed by atoms with E-state index in [2.05, 4.69) is 139 Å². The maximum Gasteiger partial charge on any atom is 0.220 e. The average Bonchev–Trinajstić information content (AvgIpc) is 4.03. The largest absolute Gasteiger partial charge is 0.485 e. The van der Waals surface area contributed by atoms with Crippen LogP contribution in [0, 0.1) is 0 Å². The van der Waals surface area contributed by atoms with E-state index in [-0.39, 0.29) is 24.0 Å². The smallest absolute Gasteiger partial charge is 0.220 e. The van der Waals surface area contributed by atoms with Crippen LogP contribution in [-0.4, -0.2) is 89.8 Å². The Morgan fingerprint density at radius 2 is 0.987 bits per heavy atom. The van der Waals surface area contributed by atoms with Crippen molar-refractivity contribution in [3.63, 3.8) is 0 Å². The molecule has 13 nitrogen and oxygen atoms in total. The van der Waals surface area contributed by atoms with Crippen LogP contribution in [0.5, 0.6) is 11.5 Å². The van der Waals surface area contributed by atoms with Crippen molar-refractivity contribution in [1.82, 2.24) is 10.6 Å². The van der Waals surface area contributed by atoms with Crippen molar-refractivity contribution in [2.45, 2.75) is 99.3 Å². The van der Waals surface area contributed by atoms with Crippen LogP contribution in [0.3, 0.4) is 0 Å². The Kier molecular flexibility index (Phi) is 15.3. The lowest BCUT2D eigenvalue weighted by Crippen LogP contribution is -2.38. The maximum atomic E-state index is 12.5. The number of benzene rings is 4. The molecule has 0 saturated carbocycles. The number of hydrogen-bond donors (Lipinski definition) is 2. The molecule has 6 aliphatic heterocycles. The van der Waals surface area contributed by atoms with E-state index in [1.807, 2.05) is 23.5 Å². The molecule has 75 heavy (non-hydrogen) atoms. The maximum absolute atomic E-state index is 12.5. The summed E-state index contributed by atoms with van der Waals surface area (Å²) in [7, 11) is 0. The lowest BCUT2D eigenvalue weighted by atomic mass is 9.90. The monoisotopic (exact) mass is 1050 g/mol. The lowest BCUT2D eigenvalue weighted by Gasteiger charge is -2.37. The fraction of sp³-hybridized carbons (Fsp3) is 0.400. The molecule has 6 aliphatic rings. The number of nitrogens with one attached hydrogen (secondary N) is 2. The molecule has 0 aliphatic carbocycles. The molecule has 6 aromatic rings. The van der Waals surface area contributed by atoms with E-state index in [0.717, 1.165) is 89.0 Å². The number of pyridine rings is 2. The number of hydrogen-bond acceptors (Lipinski definition) is 11. The van der Waals surface area contributed by atoms with Crippen molar-refractivity contribution in [2.75, 3.05) is 75.6 Å².